The molecule has 9 atom stereocenters. The van der Waals surface area contributed by atoms with Gasteiger partial charge in [0.2, 0.25) is 35.4 Å². The van der Waals surface area contributed by atoms with Gasteiger partial charge >= 0.3 is 0 Å². The lowest BCUT2D eigenvalue weighted by Crippen LogP contribution is -2.60. The molecular formula is C57H91N9O12. The summed E-state index contributed by atoms with van der Waals surface area (Å²) in [4.78, 5) is 133. The van der Waals surface area contributed by atoms with Crippen LogP contribution in [0.2, 0.25) is 0 Å². The highest BCUT2D eigenvalue weighted by Gasteiger charge is 2.44. The third kappa shape index (κ3) is 17.7. The van der Waals surface area contributed by atoms with Gasteiger partial charge in [-0.2, -0.15) is 0 Å². The number of hydroxylamine groups is 2. The third-order valence-corrected chi connectivity index (χ3v) is 15.7. The standard InChI is InChI=1S/C57H91N9O12/c1-14-38(6)50(43(76-12)35-47(70)64-30-20-24-42(64)51(77-13)39(7)52(71)58-41(34-40-22-16-15-17-23-40)55(74)66-31-18-19-33-78-66)63(11)49(37(4)5)54(73)59-53(72)48(36(2)3)62(10)29-21-25-44(67)60-61-56(75)57(8,9)28-32-65-45(68)26-27-46(65)69/h15-17,22-23,26-27,36-39,41-43,48-51H,14,18-21,24-25,28-35H2,1-13H3,(H,58,71)(H,60,67)(H,61,75)(H,59,72,73)/t38-,39+,41-,42-,43+,48-,49-,50-,51+/m0/s1. The Labute approximate surface area is 462 Å². The van der Waals surface area contributed by atoms with Crippen molar-refractivity contribution in [2.45, 2.75) is 169 Å². The van der Waals surface area contributed by atoms with Crippen molar-refractivity contribution in [3.8, 4) is 0 Å². The summed E-state index contributed by atoms with van der Waals surface area (Å²) >= 11 is 0. The quantitative estimate of drug-likeness (QED) is 0.0663. The van der Waals surface area contributed by atoms with E-state index in [1.165, 1.54) is 24.3 Å². The maximum absolute atomic E-state index is 14.6. The maximum Gasteiger partial charge on any atom is 0.269 e. The van der Waals surface area contributed by atoms with Crippen LogP contribution in [0.25, 0.3) is 0 Å². The van der Waals surface area contributed by atoms with Crippen LogP contribution in [-0.2, 0) is 63.9 Å². The molecule has 0 saturated carbocycles. The van der Waals surface area contributed by atoms with Crippen LogP contribution in [0.3, 0.4) is 0 Å². The summed E-state index contributed by atoms with van der Waals surface area (Å²) in [6.45, 7) is 18.4. The molecule has 3 aliphatic rings. The van der Waals surface area contributed by atoms with Crippen molar-refractivity contribution >= 4 is 53.2 Å². The van der Waals surface area contributed by atoms with E-state index in [2.05, 4.69) is 21.5 Å². The number of carbonyl (C=O) groups excluding carboxylic acids is 9. The highest BCUT2D eigenvalue weighted by atomic mass is 16.7. The fraction of sp³-hybridized carbons (Fsp3) is 0.702. The Kier molecular flexibility index (Phi) is 25.5. The predicted octanol–water partition coefficient (Wildman–Crippen LogP) is 3.55. The van der Waals surface area contributed by atoms with Gasteiger partial charge in [-0.3, -0.25) is 78.9 Å². The predicted molar refractivity (Wildman–Crippen MR) is 293 cm³/mol. The van der Waals surface area contributed by atoms with Crippen molar-refractivity contribution < 1.29 is 57.5 Å². The Bertz CT molecular complexity index is 2220. The number of benzene rings is 1. The molecule has 436 valence electrons. The number of likely N-dealkylation sites (tertiary alicyclic amines) is 1. The third-order valence-electron chi connectivity index (χ3n) is 15.7. The maximum atomic E-state index is 14.6. The monoisotopic (exact) mass is 1090 g/mol. The fourth-order valence-corrected chi connectivity index (χ4v) is 11.1. The van der Waals surface area contributed by atoms with Gasteiger partial charge in [-0.1, -0.05) is 99.1 Å². The fourth-order valence-electron chi connectivity index (χ4n) is 11.1. The van der Waals surface area contributed by atoms with Gasteiger partial charge in [-0.25, -0.2) is 5.06 Å². The van der Waals surface area contributed by atoms with E-state index in [0.717, 1.165) is 23.3 Å². The number of hydrazine groups is 1. The van der Waals surface area contributed by atoms with Crippen LogP contribution in [0, 0.1) is 29.1 Å². The van der Waals surface area contributed by atoms with E-state index in [0.29, 0.717) is 51.9 Å². The molecule has 0 bridgehead atoms. The van der Waals surface area contributed by atoms with E-state index in [4.69, 9.17) is 14.3 Å². The van der Waals surface area contributed by atoms with Crippen LogP contribution in [0.5, 0.6) is 0 Å². The van der Waals surface area contributed by atoms with E-state index in [-0.39, 0.29) is 67.7 Å². The SMILES string of the molecule is CC[C@H](C)[C@@H]([C@@H](CC(=O)N1CCC[C@H]1[C@H](OC)[C@@H](C)C(=O)N[C@@H](Cc1ccccc1)C(=O)N1CCCCO1)OC)N(C)[C@H](C(=O)NC(=O)[C@H](C(C)C)N(C)CCCC(=O)NNC(=O)C(C)(C)CCN1C(=O)C=CC1=O)C(C)C. The molecule has 21 heteroatoms. The lowest BCUT2D eigenvalue weighted by Gasteiger charge is -2.43. The minimum atomic E-state index is -1.01. The molecule has 3 heterocycles. The molecule has 78 heavy (non-hydrogen) atoms. The first kappa shape index (κ1) is 64.9. The number of amides is 9. The summed E-state index contributed by atoms with van der Waals surface area (Å²) in [5.74, 6) is -4.99. The summed E-state index contributed by atoms with van der Waals surface area (Å²) < 4.78 is 12.2. The van der Waals surface area contributed by atoms with Crippen molar-refractivity contribution in [1.29, 1.82) is 0 Å². The Hall–Kier alpha value is -5.61. The first-order chi connectivity index (χ1) is 36.9. The molecule has 0 unspecified atom stereocenters. The number of hydrogen-bond acceptors (Lipinski definition) is 14. The first-order valence-corrected chi connectivity index (χ1v) is 27.9. The number of nitrogens with one attached hydrogen (secondary N) is 4. The molecule has 4 rings (SSSR count). The minimum absolute atomic E-state index is 0.0234. The summed E-state index contributed by atoms with van der Waals surface area (Å²) in [5.41, 5.74) is 4.75. The smallest absolute Gasteiger partial charge is 0.269 e. The average Bonchev–Trinajstić information content (AvgIpc) is 4.02. The lowest BCUT2D eigenvalue weighted by atomic mass is 9.87. The molecule has 21 nitrogen and oxygen atoms in total. The van der Waals surface area contributed by atoms with E-state index in [1.807, 2.05) is 83.8 Å². The average molecular weight is 1090 g/mol. The van der Waals surface area contributed by atoms with E-state index in [1.54, 1.807) is 44.7 Å². The number of ether oxygens (including phenoxy) is 2. The van der Waals surface area contributed by atoms with Crippen molar-refractivity contribution in [2.75, 3.05) is 61.1 Å². The van der Waals surface area contributed by atoms with Crippen LogP contribution in [-0.4, -0.2) is 181 Å². The molecule has 2 fully saturated rings. The van der Waals surface area contributed by atoms with E-state index in [9.17, 15) is 43.2 Å². The Morgan fingerprint density at radius 3 is 2.04 bits per heavy atom. The van der Waals surface area contributed by atoms with Gasteiger partial charge < -0.3 is 19.7 Å². The van der Waals surface area contributed by atoms with Gasteiger partial charge in [0.05, 0.1) is 49.3 Å². The molecule has 0 aliphatic carbocycles. The number of rotatable bonds is 29. The van der Waals surface area contributed by atoms with E-state index < -0.39 is 89.2 Å². The van der Waals surface area contributed by atoms with Gasteiger partial charge in [-0.15, -0.1) is 0 Å². The van der Waals surface area contributed by atoms with Gasteiger partial charge in [0, 0.05) is 70.3 Å². The van der Waals surface area contributed by atoms with Crippen LogP contribution in [0.15, 0.2) is 42.5 Å². The summed E-state index contributed by atoms with van der Waals surface area (Å²) in [6, 6.07) is 6.17. The number of likely N-dealkylation sites (N-methyl/N-ethyl adjacent to an activating group) is 2. The zero-order chi connectivity index (χ0) is 58.0. The molecular weight excluding hydrogens is 1000 g/mol. The largest absolute Gasteiger partial charge is 0.379 e. The second kappa shape index (κ2) is 30.7. The van der Waals surface area contributed by atoms with Crippen molar-refractivity contribution in [3.05, 3.63) is 48.0 Å². The normalized spacial score (nSPS) is 19.1. The minimum Gasteiger partial charge on any atom is -0.379 e. The van der Waals surface area contributed by atoms with Crippen molar-refractivity contribution in [3.63, 3.8) is 0 Å². The Balaban J connectivity index is 1.38. The molecule has 2 saturated heterocycles. The number of imide groups is 2. The highest BCUT2D eigenvalue weighted by Crippen LogP contribution is 2.31. The van der Waals surface area contributed by atoms with Crippen LogP contribution in [0.4, 0.5) is 0 Å². The molecule has 1 aromatic rings. The molecule has 1 aromatic carbocycles. The lowest BCUT2D eigenvalue weighted by molar-refractivity contribution is -0.199. The zero-order valence-corrected chi connectivity index (χ0v) is 48.6. The number of carbonyl (C=O) groups is 9. The first-order valence-electron chi connectivity index (χ1n) is 27.9. The van der Waals surface area contributed by atoms with Gasteiger partial charge in [0.15, 0.2) is 0 Å². The van der Waals surface area contributed by atoms with Gasteiger partial charge in [0.1, 0.15) is 6.04 Å². The summed E-state index contributed by atoms with van der Waals surface area (Å²) in [7, 11) is 6.66. The second-order valence-corrected chi connectivity index (χ2v) is 22.7. The van der Waals surface area contributed by atoms with Crippen LogP contribution >= 0.6 is 0 Å². The van der Waals surface area contributed by atoms with Crippen LogP contribution in [0.1, 0.15) is 126 Å². The van der Waals surface area contributed by atoms with E-state index >= 15 is 0 Å². The summed E-state index contributed by atoms with van der Waals surface area (Å²) in [6.07, 6.45) is 5.41. The van der Waals surface area contributed by atoms with Crippen LogP contribution < -0.4 is 21.5 Å². The molecule has 4 N–H and O–H groups in total. The number of methoxy groups -OCH3 is 2. The zero-order valence-electron chi connectivity index (χ0n) is 48.6. The number of nitrogens with zero attached hydrogens (tertiary/aromatic N) is 5. The van der Waals surface area contributed by atoms with Gasteiger partial charge in [-0.05, 0) is 82.5 Å². The summed E-state index contributed by atoms with van der Waals surface area (Å²) in [5, 5.41) is 7.06. The Morgan fingerprint density at radius 2 is 1.46 bits per heavy atom. The Morgan fingerprint density at radius 1 is 0.821 bits per heavy atom. The molecule has 0 aromatic heterocycles. The van der Waals surface area contributed by atoms with Gasteiger partial charge in [0.25, 0.3) is 17.7 Å². The molecule has 9 amide bonds. The topological polar surface area (TPSA) is 246 Å². The molecule has 3 aliphatic heterocycles. The second-order valence-electron chi connectivity index (χ2n) is 22.7. The van der Waals surface area contributed by atoms with Crippen molar-refractivity contribution in [1.82, 2.24) is 46.1 Å². The molecule has 0 spiro atoms. The number of hydrogen-bond donors (Lipinski definition) is 4. The highest BCUT2D eigenvalue weighted by molar-refractivity contribution is 6.12. The van der Waals surface area contributed by atoms with Crippen molar-refractivity contribution in [2.24, 2.45) is 29.1 Å². The molecule has 0 radical (unpaired) electrons.